The van der Waals surface area contributed by atoms with E-state index in [1.807, 2.05) is 0 Å². The highest BCUT2D eigenvalue weighted by Gasteiger charge is 2.14. The number of aryl methyl sites for hydroxylation is 1. The molecule has 18 heavy (non-hydrogen) atoms. The minimum absolute atomic E-state index is 0.191. The van der Waals surface area contributed by atoms with Crippen LogP contribution < -0.4 is 4.74 Å². The number of benzene rings is 1. The number of aromatic carboxylic acids is 1. The third-order valence-electron chi connectivity index (χ3n) is 2.21. The summed E-state index contributed by atoms with van der Waals surface area (Å²) in [6.45, 7) is 1.80. The van der Waals surface area contributed by atoms with Crippen molar-refractivity contribution >= 4 is 17.7 Å². The SMILES string of the molecule is COc1ccc(C(=O)O)c(Sc2nc(C)co2)c1. The lowest BCUT2D eigenvalue weighted by atomic mass is 10.2. The monoisotopic (exact) mass is 265 g/mol. The number of hydrogen-bond donors (Lipinski definition) is 1. The lowest BCUT2D eigenvalue weighted by Crippen LogP contribution is -1.99. The summed E-state index contributed by atoms with van der Waals surface area (Å²) >= 11 is 1.15. The van der Waals surface area contributed by atoms with E-state index in [2.05, 4.69) is 4.98 Å². The summed E-state index contributed by atoms with van der Waals surface area (Å²) in [6, 6.07) is 4.75. The van der Waals surface area contributed by atoms with Crippen LogP contribution in [0, 0.1) is 6.92 Å². The fourth-order valence-electron chi connectivity index (χ4n) is 1.36. The molecule has 0 radical (unpaired) electrons. The van der Waals surface area contributed by atoms with Gasteiger partial charge in [-0.25, -0.2) is 9.78 Å². The third kappa shape index (κ3) is 2.65. The van der Waals surface area contributed by atoms with Gasteiger partial charge in [-0.3, -0.25) is 0 Å². The van der Waals surface area contributed by atoms with E-state index in [1.165, 1.54) is 19.4 Å². The average molecular weight is 265 g/mol. The van der Waals surface area contributed by atoms with Crippen molar-refractivity contribution in [3.63, 3.8) is 0 Å². The van der Waals surface area contributed by atoms with Crippen LogP contribution in [0.1, 0.15) is 16.1 Å². The van der Waals surface area contributed by atoms with Crippen LogP contribution in [0.5, 0.6) is 5.75 Å². The first-order chi connectivity index (χ1) is 8.60. The second kappa shape index (κ2) is 5.14. The van der Waals surface area contributed by atoms with Crippen LogP contribution in [-0.2, 0) is 0 Å². The summed E-state index contributed by atoms with van der Waals surface area (Å²) < 4.78 is 10.3. The second-order valence-electron chi connectivity index (χ2n) is 3.52. The van der Waals surface area contributed by atoms with Crippen molar-refractivity contribution in [3.8, 4) is 5.75 Å². The summed E-state index contributed by atoms with van der Waals surface area (Å²) in [5.74, 6) is -0.408. The number of hydrogen-bond acceptors (Lipinski definition) is 5. The van der Waals surface area contributed by atoms with Gasteiger partial charge in [0.25, 0.3) is 5.22 Å². The quantitative estimate of drug-likeness (QED) is 0.916. The molecular weight excluding hydrogens is 254 g/mol. The van der Waals surface area contributed by atoms with E-state index in [-0.39, 0.29) is 5.56 Å². The van der Waals surface area contributed by atoms with Crippen LogP contribution in [-0.4, -0.2) is 23.2 Å². The Labute approximate surface area is 108 Å². The van der Waals surface area contributed by atoms with E-state index in [0.29, 0.717) is 15.9 Å². The number of rotatable bonds is 4. The Morgan fingerprint density at radius 3 is 2.83 bits per heavy atom. The van der Waals surface area contributed by atoms with Crippen molar-refractivity contribution in [2.45, 2.75) is 17.0 Å². The number of ether oxygens (including phenoxy) is 1. The van der Waals surface area contributed by atoms with Gasteiger partial charge >= 0.3 is 5.97 Å². The Hall–Kier alpha value is -1.95. The van der Waals surface area contributed by atoms with Gasteiger partial charge in [0.1, 0.15) is 12.0 Å². The largest absolute Gasteiger partial charge is 0.497 e. The Balaban J connectivity index is 2.37. The number of nitrogens with zero attached hydrogens (tertiary/aromatic N) is 1. The number of methoxy groups -OCH3 is 1. The molecule has 0 aliphatic carbocycles. The number of aromatic nitrogens is 1. The van der Waals surface area contributed by atoms with Gasteiger partial charge in [0.05, 0.1) is 18.4 Å². The molecule has 0 atom stereocenters. The minimum Gasteiger partial charge on any atom is -0.497 e. The predicted molar refractivity (Wildman–Crippen MR) is 65.3 cm³/mol. The smallest absolute Gasteiger partial charge is 0.336 e. The van der Waals surface area contributed by atoms with E-state index in [1.54, 1.807) is 19.1 Å². The molecule has 0 amide bonds. The van der Waals surface area contributed by atoms with Crippen LogP contribution in [0.2, 0.25) is 0 Å². The molecule has 2 aromatic rings. The lowest BCUT2D eigenvalue weighted by Gasteiger charge is -2.06. The zero-order valence-corrected chi connectivity index (χ0v) is 10.7. The maximum Gasteiger partial charge on any atom is 0.336 e. The molecule has 1 aromatic heterocycles. The Kier molecular flexibility index (Phi) is 3.57. The Morgan fingerprint density at radius 1 is 1.50 bits per heavy atom. The molecule has 1 aromatic carbocycles. The molecule has 0 unspecified atom stereocenters. The summed E-state index contributed by atoms with van der Waals surface area (Å²) in [5, 5.41) is 9.51. The number of carbonyl (C=O) groups is 1. The van der Waals surface area contributed by atoms with E-state index >= 15 is 0 Å². The van der Waals surface area contributed by atoms with E-state index in [4.69, 9.17) is 14.3 Å². The summed E-state index contributed by atoms with van der Waals surface area (Å²) in [5.41, 5.74) is 0.939. The first kappa shape index (κ1) is 12.5. The van der Waals surface area contributed by atoms with Gasteiger partial charge in [-0.15, -0.1) is 0 Å². The Bertz CT molecular complexity index is 579. The van der Waals surface area contributed by atoms with Gasteiger partial charge in [-0.05, 0) is 36.9 Å². The van der Waals surface area contributed by atoms with Crippen molar-refractivity contribution in [1.82, 2.24) is 4.98 Å². The van der Waals surface area contributed by atoms with Crippen molar-refractivity contribution in [2.24, 2.45) is 0 Å². The maximum absolute atomic E-state index is 11.1. The fraction of sp³-hybridized carbons (Fsp3) is 0.167. The molecule has 6 heteroatoms. The van der Waals surface area contributed by atoms with E-state index < -0.39 is 5.97 Å². The highest BCUT2D eigenvalue weighted by molar-refractivity contribution is 7.99. The Morgan fingerprint density at radius 2 is 2.28 bits per heavy atom. The standard InChI is InChI=1S/C12H11NO4S/c1-7-6-17-12(13-7)18-10-5-8(16-2)3-4-9(10)11(14)15/h3-6H,1-2H3,(H,14,15). The van der Waals surface area contributed by atoms with Gasteiger partial charge in [-0.2, -0.15) is 0 Å². The number of carboxylic acids is 1. The van der Waals surface area contributed by atoms with Crippen LogP contribution in [0.15, 0.2) is 39.0 Å². The summed E-state index contributed by atoms with van der Waals surface area (Å²) in [6.07, 6.45) is 1.52. The van der Waals surface area contributed by atoms with Crippen molar-refractivity contribution in [1.29, 1.82) is 0 Å². The zero-order chi connectivity index (χ0) is 13.1. The van der Waals surface area contributed by atoms with Crippen LogP contribution in [0.4, 0.5) is 0 Å². The van der Waals surface area contributed by atoms with Crippen molar-refractivity contribution < 1.29 is 19.1 Å². The molecule has 1 heterocycles. The second-order valence-corrected chi connectivity index (χ2v) is 4.52. The predicted octanol–water partition coefficient (Wildman–Crippen LogP) is 2.84. The summed E-state index contributed by atoms with van der Waals surface area (Å²) in [4.78, 5) is 15.8. The first-order valence-corrected chi connectivity index (χ1v) is 5.93. The molecule has 5 nitrogen and oxygen atoms in total. The molecular formula is C12H11NO4S. The molecule has 0 spiro atoms. The molecule has 94 valence electrons. The molecule has 0 aliphatic heterocycles. The molecule has 0 fully saturated rings. The highest BCUT2D eigenvalue weighted by Crippen LogP contribution is 2.32. The molecule has 2 rings (SSSR count). The molecule has 0 bridgehead atoms. The van der Waals surface area contributed by atoms with Crippen molar-refractivity contribution in [3.05, 3.63) is 35.7 Å². The van der Waals surface area contributed by atoms with Crippen LogP contribution in [0.3, 0.4) is 0 Å². The van der Waals surface area contributed by atoms with E-state index in [9.17, 15) is 4.79 Å². The molecule has 0 aliphatic rings. The van der Waals surface area contributed by atoms with Crippen LogP contribution in [0.25, 0.3) is 0 Å². The van der Waals surface area contributed by atoms with Gasteiger partial charge in [0, 0.05) is 4.90 Å². The molecule has 1 N–H and O–H groups in total. The minimum atomic E-state index is -0.997. The number of oxazole rings is 1. The molecule has 0 saturated carbocycles. The van der Waals surface area contributed by atoms with Gasteiger partial charge < -0.3 is 14.3 Å². The lowest BCUT2D eigenvalue weighted by molar-refractivity contribution is 0.0693. The van der Waals surface area contributed by atoms with E-state index in [0.717, 1.165) is 17.5 Å². The highest BCUT2D eigenvalue weighted by atomic mass is 32.2. The average Bonchev–Trinajstić information content (AvgIpc) is 2.74. The van der Waals surface area contributed by atoms with Gasteiger partial charge in [0.2, 0.25) is 0 Å². The third-order valence-corrected chi connectivity index (χ3v) is 3.13. The normalized spacial score (nSPS) is 10.3. The maximum atomic E-state index is 11.1. The topological polar surface area (TPSA) is 72.6 Å². The molecule has 0 saturated heterocycles. The van der Waals surface area contributed by atoms with Crippen molar-refractivity contribution in [2.75, 3.05) is 7.11 Å². The fourth-order valence-corrected chi connectivity index (χ4v) is 2.28. The summed E-state index contributed by atoms with van der Waals surface area (Å²) in [7, 11) is 1.53. The first-order valence-electron chi connectivity index (χ1n) is 5.11. The van der Waals surface area contributed by atoms with Crippen LogP contribution >= 0.6 is 11.8 Å². The van der Waals surface area contributed by atoms with Gasteiger partial charge in [0.15, 0.2) is 0 Å². The zero-order valence-electron chi connectivity index (χ0n) is 9.84. The number of carboxylic acid groups (broad SMARTS) is 1. The van der Waals surface area contributed by atoms with Gasteiger partial charge in [-0.1, -0.05) is 0 Å².